The second-order valence-electron chi connectivity index (χ2n) is 8.30. The Morgan fingerprint density at radius 2 is 1.82 bits per heavy atom. The standard InChI is InChI=1S/C26H27N3O5/c1-15(2)33-23-13-20(34-22-10-9-16(3)27-17(22)4)12-21-25(23)28-24(29(21)5)14-32-19-8-6-7-18(11-19)26(30)31/h6-13,15H,14H2,1-5H3,(H,30,31). The van der Waals surface area contributed by atoms with E-state index in [1.165, 1.54) is 12.1 Å². The Bertz CT molecular complexity index is 1360. The van der Waals surface area contributed by atoms with E-state index in [2.05, 4.69) is 4.98 Å². The zero-order valence-electron chi connectivity index (χ0n) is 19.8. The van der Waals surface area contributed by atoms with Gasteiger partial charge >= 0.3 is 5.97 Å². The van der Waals surface area contributed by atoms with Gasteiger partial charge in [0.05, 0.1) is 22.9 Å². The molecule has 4 rings (SSSR count). The van der Waals surface area contributed by atoms with Crippen LogP contribution >= 0.6 is 0 Å². The summed E-state index contributed by atoms with van der Waals surface area (Å²) in [6, 6.07) is 13.9. The second-order valence-corrected chi connectivity index (χ2v) is 8.30. The van der Waals surface area contributed by atoms with Crippen molar-refractivity contribution in [1.29, 1.82) is 0 Å². The number of imidazole rings is 1. The molecule has 0 spiro atoms. The van der Waals surface area contributed by atoms with Crippen molar-refractivity contribution in [3.05, 3.63) is 71.3 Å². The predicted molar refractivity (Wildman–Crippen MR) is 128 cm³/mol. The number of carboxylic acid groups (broad SMARTS) is 1. The van der Waals surface area contributed by atoms with Crippen LogP contribution in [0.5, 0.6) is 23.0 Å². The molecule has 0 atom stereocenters. The fourth-order valence-electron chi connectivity index (χ4n) is 3.59. The van der Waals surface area contributed by atoms with Crippen molar-refractivity contribution in [2.75, 3.05) is 0 Å². The molecule has 0 bridgehead atoms. The molecule has 0 saturated heterocycles. The quantitative estimate of drug-likeness (QED) is 0.373. The number of aromatic carboxylic acids is 1. The van der Waals surface area contributed by atoms with E-state index in [0.717, 1.165) is 16.9 Å². The zero-order chi connectivity index (χ0) is 24.4. The molecule has 0 amide bonds. The molecule has 2 heterocycles. The SMILES string of the molecule is Cc1ccc(Oc2cc(OC(C)C)c3nc(COc4cccc(C(=O)O)c4)n(C)c3c2)c(C)n1. The van der Waals surface area contributed by atoms with Gasteiger partial charge in [0.25, 0.3) is 0 Å². The summed E-state index contributed by atoms with van der Waals surface area (Å²) in [5, 5.41) is 9.20. The van der Waals surface area contributed by atoms with Gasteiger partial charge in [0, 0.05) is 24.9 Å². The summed E-state index contributed by atoms with van der Waals surface area (Å²) in [5.74, 6) is 2.00. The number of hydrogen-bond donors (Lipinski definition) is 1. The molecule has 0 radical (unpaired) electrons. The van der Waals surface area contributed by atoms with Crippen LogP contribution in [0.15, 0.2) is 48.5 Å². The number of rotatable bonds is 8. The first-order chi connectivity index (χ1) is 16.2. The van der Waals surface area contributed by atoms with Gasteiger partial charge in [-0.2, -0.15) is 0 Å². The molecule has 0 aliphatic carbocycles. The summed E-state index contributed by atoms with van der Waals surface area (Å²) in [7, 11) is 1.89. The van der Waals surface area contributed by atoms with Crippen LogP contribution in [0.2, 0.25) is 0 Å². The number of aryl methyl sites for hydroxylation is 3. The minimum absolute atomic E-state index is 0.0540. The molecule has 176 valence electrons. The molecule has 2 aromatic heterocycles. The van der Waals surface area contributed by atoms with Gasteiger partial charge in [0.1, 0.15) is 35.2 Å². The van der Waals surface area contributed by atoms with Gasteiger partial charge in [0.15, 0.2) is 5.75 Å². The number of nitrogens with zero attached hydrogens (tertiary/aromatic N) is 3. The lowest BCUT2D eigenvalue weighted by Gasteiger charge is -2.14. The van der Waals surface area contributed by atoms with Crippen molar-refractivity contribution in [2.45, 2.75) is 40.4 Å². The van der Waals surface area contributed by atoms with Crippen molar-refractivity contribution in [1.82, 2.24) is 14.5 Å². The van der Waals surface area contributed by atoms with E-state index in [-0.39, 0.29) is 18.3 Å². The van der Waals surface area contributed by atoms with Gasteiger partial charge in [-0.15, -0.1) is 0 Å². The molecular formula is C26H27N3O5. The molecule has 34 heavy (non-hydrogen) atoms. The van der Waals surface area contributed by atoms with E-state index >= 15 is 0 Å². The smallest absolute Gasteiger partial charge is 0.335 e. The van der Waals surface area contributed by atoms with Crippen molar-refractivity contribution < 1.29 is 24.1 Å². The third kappa shape index (κ3) is 4.96. The summed E-state index contributed by atoms with van der Waals surface area (Å²) in [6.45, 7) is 7.91. The van der Waals surface area contributed by atoms with E-state index in [4.69, 9.17) is 19.2 Å². The number of hydrogen-bond acceptors (Lipinski definition) is 6. The van der Waals surface area contributed by atoms with Crippen LogP contribution in [0, 0.1) is 13.8 Å². The molecule has 2 aromatic carbocycles. The third-order valence-corrected chi connectivity index (χ3v) is 5.23. The van der Waals surface area contributed by atoms with Gasteiger partial charge in [0.2, 0.25) is 0 Å². The zero-order valence-corrected chi connectivity index (χ0v) is 19.8. The monoisotopic (exact) mass is 461 g/mol. The number of carbonyl (C=O) groups is 1. The predicted octanol–water partition coefficient (Wildman–Crippen LogP) is 5.44. The van der Waals surface area contributed by atoms with Crippen molar-refractivity contribution in [2.24, 2.45) is 7.05 Å². The lowest BCUT2D eigenvalue weighted by atomic mass is 10.2. The number of carboxylic acids is 1. The van der Waals surface area contributed by atoms with Crippen molar-refractivity contribution in [3.63, 3.8) is 0 Å². The van der Waals surface area contributed by atoms with Gasteiger partial charge < -0.3 is 23.9 Å². The maximum absolute atomic E-state index is 11.2. The fourth-order valence-corrected chi connectivity index (χ4v) is 3.59. The molecule has 0 saturated carbocycles. The molecular weight excluding hydrogens is 434 g/mol. The van der Waals surface area contributed by atoms with Crippen LogP contribution in [-0.2, 0) is 13.7 Å². The summed E-state index contributed by atoms with van der Waals surface area (Å²) in [4.78, 5) is 20.4. The molecule has 1 N–H and O–H groups in total. The first kappa shape index (κ1) is 23.1. The molecule has 8 heteroatoms. The first-order valence-corrected chi connectivity index (χ1v) is 11.0. The number of benzene rings is 2. The van der Waals surface area contributed by atoms with Crippen LogP contribution in [0.4, 0.5) is 0 Å². The normalized spacial score (nSPS) is 11.1. The summed E-state index contributed by atoms with van der Waals surface area (Å²) >= 11 is 0. The lowest BCUT2D eigenvalue weighted by molar-refractivity contribution is 0.0696. The number of pyridine rings is 1. The fraction of sp³-hybridized carbons (Fsp3) is 0.269. The van der Waals surface area contributed by atoms with Crippen molar-refractivity contribution >= 4 is 17.0 Å². The van der Waals surface area contributed by atoms with E-state index in [1.807, 2.05) is 63.6 Å². The molecule has 0 aliphatic rings. The maximum atomic E-state index is 11.2. The minimum atomic E-state index is -1.00. The Hall–Kier alpha value is -4.07. The van der Waals surface area contributed by atoms with Crippen LogP contribution in [0.25, 0.3) is 11.0 Å². The number of ether oxygens (including phenoxy) is 3. The highest BCUT2D eigenvalue weighted by Crippen LogP contribution is 2.35. The summed E-state index contributed by atoms with van der Waals surface area (Å²) in [6.07, 6.45) is -0.0540. The Balaban J connectivity index is 1.67. The van der Waals surface area contributed by atoms with Crippen LogP contribution in [0.1, 0.15) is 41.4 Å². The van der Waals surface area contributed by atoms with Gasteiger partial charge in [-0.3, -0.25) is 4.98 Å². The topological polar surface area (TPSA) is 95.7 Å². The van der Waals surface area contributed by atoms with E-state index in [0.29, 0.717) is 34.3 Å². The van der Waals surface area contributed by atoms with Crippen LogP contribution in [0.3, 0.4) is 0 Å². The lowest BCUT2D eigenvalue weighted by Crippen LogP contribution is -2.06. The van der Waals surface area contributed by atoms with Gasteiger partial charge in [-0.1, -0.05) is 6.07 Å². The molecule has 0 aliphatic heterocycles. The average molecular weight is 462 g/mol. The second kappa shape index (κ2) is 9.43. The molecule has 4 aromatic rings. The van der Waals surface area contributed by atoms with Crippen molar-refractivity contribution in [3.8, 4) is 23.0 Å². The van der Waals surface area contributed by atoms with E-state index in [9.17, 15) is 9.90 Å². The highest BCUT2D eigenvalue weighted by Gasteiger charge is 2.17. The van der Waals surface area contributed by atoms with E-state index < -0.39 is 5.97 Å². The molecule has 8 nitrogen and oxygen atoms in total. The maximum Gasteiger partial charge on any atom is 0.335 e. The minimum Gasteiger partial charge on any atom is -0.489 e. The Morgan fingerprint density at radius 3 is 2.53 bits per heavy atom. The first-order valence-electron chi connectivity index (χ1n) is 11.0. The molecule has 0 unspecified atom stereocenters. The third-order valence-electron chi connectivity index (χ3n) is 5.23. The summed E-state index contributed by atoms with van der Waals surface area (Å²) < 4.78 is 20.0. The highest BCUT2D eigenvalue weighted by atomic mass is 16.5. The largest absolute Gasteiger partial charge is 0.489 e. The Kier molecular flexibility index (Phi) is 6.40. The number of aromatic nitrogens is 3. The average Bonchev–Trinajstić information content (AvgIpc) is 3.10. The Labute approximate surface area is 197 Å². The van der Waals surface area contributed by atoms with Gasteiger partial charge in [-0.25, -0.2) is 9.78 Å². The van der Waals surface area contributed by atoms with Crippen LogP contribution in [-0.4, -0.2) is 31.7 Å². The Morgan fingerprint density at radius 1 is 1.03 bits per heavy atom. The summed E-state index contributed by atoms with van der Waals surface area (Å²) in [5.41, 5.74) is 3.41. The molecule has 0 fully saturated rings. The number of fused-ring (bicyclic) bond motifs is 1. The van der Waals surface area contributed by atoms with Crippen LogP contribution < -0.4 is 14.2 Å². The highest BCUT2D eigenvalue weighted by molar-refractivity contribution is 5.88. The van der Waals surface area contributed by atoms with E-state index in [1.54, 1.807) is 12.1 Å². The van der Waals surface area contributed by atoms with Gasteiger partial charge in [-0.05, 0) is 58.0 Å².